The summed E-state index contributed by atoms with van der Waals surface area (Å²) in [5, 5.41) is 0. The number of esters is 3. The van der Waals surface area contributed by atoms with E-state index in [0.29, 0.717) is 19.3 Å². The number of hydrogen-bond donors (Lipinski definition) is 0. The Labute approximate surface area is 412 Å². The van der Waals surface area contributed by atoms with Crippen molar-refractivity contribution in [2.75, 3.05) is 13.2 Å². The standard InChI is InChI=1S/C60H116O6/c1-5-7-9-11-13-15-17-19-23-28-31-35-39-43-47-51-58(61)64-54-57(66-60(63)53-49-45-41-37-33-27-20-18-16-14-12-10-8-6-2)55-65-59(62)52-48-44-40-36-32-29-25-22-21-24-26-30-34-38-42-46-50-56(3)4/h56-57H,5-55H2,1-4H3/t57-/m1/s1. The van der Waals surface area contributed by atoms with Gasteiger partial charge in [-0.2, -0.15) is 0 Å². The molecular weight excluding hydrogens is 817 g/mol. The average Bonchev–Trinajstić information content (AvgIpc) is 3.30. The largest absolute Gasteiger partial charge is 0.462 e. The fraction of sp³-hybridized carbons (Fsp3) is 0.950. The van der Waals surface area contributed by atoms with Crippen molar-refractivity contribution in [2.24, 2.45) is 5.92 Å². The third-order valence-corrected chi connectivity index (χ3v) is 13.8. The molecule has 392 valence electrons. The summed E-state index contributed by atoms with van der Waals surface area (Å²) in [6.07, 6.45) is 59.5. The zero-order chi connectivity index (χ0) is 48.1. The number of unbranched alkanes of at least 4 members (excludes halogenated alkanes) is 42. The first kappa shape index (κ1) is 64.4. The summed E-state index contributed by atoms with van der Waals surface area (Å²) in [5.74, 6) is 0.0209. The van der Waals surface area contributed by atoms with Gasteiger partial charge in [0, 0.05) is 19.3 Å². The fourth-order valence-electron chi connectivity index (χ4n) is 9.28. The fourth-order valence-corrected chi connectivity index (χ4v) is 9.28. The van der Waals surface area contributed by atoms with Gasteiger partial charge < -0.3 is 14.2 Å². The first-order valence-electron chi connectivity index (χ1n) is 29.9. The molecule has 0 aliphatic carbocycles. The molecule has 0 unspecified atom stereocenters. The van der Waals surface area contributed by atoms with Gasteiger partial charge >= 0.3 is 17.9 Å². The highest BCUT2D eigenvalue weighted by atomic mass is 16.6. The SMILES string of the molecule is CCCCCCCCCCCCCCCCCC(=O)OC[C@H](COC(=O)CCCCCCCCCCCCCCCCCCC(C)C)OC(=O)CCCCCCCCCCCCCCCC. The van der Waals surface area contributed by atoms with E-state index in [4.69, 9.17) is 14.2 Å². The minimum absolute atomic E-state index is 0.0615. The number of hydrogen-bond acceptors (Lipinski definition) is 6. The Kier molecular flexibility index (Phi) is 53.0. The molecule has 0 aromatic heterocycles. The quantitative estimate of drug-likeness (QED) is 0.0343. The van der Waals surface area contributed by atoms with Crippen molar-refractivity contribution < 1.29 is 28.6 Å². The molecular formula is C60H116O6. The molecule has 0 fully saturated rings. The van der Waals surface area contributed by atoms with Gasteiger partial charge in [-0.15, -0.1) is 0 Å². The van der Waals surface area contributed by atoms with Crippen LogP contribution in [0.2, 0.25) is 0 Å². The Morgan fingerprint density at radius 2 is 0.500 bits per heavy atom. The highest BCUT2D eigenvalue weighted by Gasteiger charge is 2.19. The van der Waals surface area contributed by atoms with E-state index >= 15 is 0 Å². The van der Waals surface area contributed by atoms with E-state index in [1.807, 2.05) is 0 Å². The molecule has 0 aliphatic heterocycles. The molecule has 0 amide bonds. The molecule has 0 aromatic carbocycles. The summed E-state index contributed by atoms with van der Waals surface area (Å²) in [5.41, 5.74) is 0. The van der Waals surface area contributed by atoms with Crippen molar-refractivity contribution in [2.45, 2.75) is 348 Å². The smallest absolute Gasteiger partial charge is 0.306 e. The van der Waals surface area contributed by atoms with E-state index in [2.05, 4.69) is 27.7 Å². The van der Waals surface area contributed by atoms with Crippen LogP contribution in [-0.2, 0) is 28.6 Å². The molecule has 0 rings (SSSR count). The summed E-state index contributed by atoms with van der Waals surface area (Å²) in [7, 11) is 0. The molecule has 0 heterocycles. The second-order valence-electron chi connectivity index (χ2n) is 21.1. The minimum Gasteiger partial charge on any atom is -0.462 e. The second-order valence-corrected chi connectivity index (χ2v) is 21.1. The van der Waals surface area contributed by atoms with Crippen LogP contribution >= 0.6 is 0 Å². The van der Waals surface area contributed by atoms with Crippen molar-refractivity contribution in [3.05, 3.63) is 0 Å². The summed E-state index contributed by atoms with van der Waals surface area (Å²) in [6.45, 7) is 9.08. The highest BCUT2D eigenvalue weighted by Crippen LogP contribution is 2.18. The van der Waals surface area contributed by atoms with Gasteiger partial charge in [0.1, 0.15) is 13.2 Å². The molecule has 0 bridgehead atoms. The highest BCUT2D eigenvalue weighted by molar-refractivity contribution is 5.71. The lowest BCUT2D eigenvalue weighted by Gasteiger charge is -2.18. The summed E-state index contributed by atoms with van der Waals surface area (Å²) < 4.78 is 16.9. The van der Waals surface area contributed by atoms with E-state index in [-0.39, 0.29) is 31.1 Å². The lowest BCUT2D eigenvalue weighted by Crippen LogP contribution is -2.30. The predicted octanol–water partition coefficient (Wildman–Crippen LogP) is 19.8. The molecule has 0 aromatic rings. The van der Waals surface area contributed by atoms with Gasteiger partial charge in [0.05, 0.1) is 0 Å². The zero-order valence-corrected chi connectivity index (χ0v) is 45.2. The predicted molar refractivity (Wildman–Crippen MR) is 284 cm³/mol. The normalized spacial score (nSPS) is 12.0. The van der Waals surface area contributed by atoms with Crippen LogP contribution in [0, 0.1) is 5.92 Å². The van der Waals surface area contributed by atoms with Gasteiger partial charge in [0.15, 0.2) is 6.10 Å². The van der Waals surface area contributed by atoms with Crippen molar-refractivity contribution in [1.82, 2.24) is 0 Å². The van der Waals surface area contributed by atoms with Gasteiger partial charge in [0.2, 0.25) is 0 Å². The van der Waals surface area contributed by atoms with Crippen LogP contribution in [-0.4, -0.2) is 37.2 Å². The van der Waals surface area contributed by atoms with Gasteiger partial charge in [0.25, 0.3) is 0 Å². The number of carbonyl (C=O) groups excluding carboxylic acids is 3. The third-order valence-electron chi connectivity index (χ3n) is 13.8. The number of ether oxygens (including phenoxy) is 3. The Morgan fingerprint density at radius 3 is 0.742 bits per heavy atom. The van der Waals surface area contributed by atoms with Crippen LogP contribution in [0.15, 0.2) is 0 Å². The molecule has 0 saturated heterocycles. The summed E-state index contributed by atoms with van der Waals surface area (Å²) >= 11 is 0. The van der Waals surface area contributed by atoms with E-state index in [9.17, 15) is 14.4 Å². The maximum absolute atomic E-state index is 12.8. The molecule has 6 heteroatoms. The second kappa shape index (κ2) is 54.4. The summed E-state index contributed by atoms with van der Waals surface area (Å²) in [4.78, 5) is 38.2. The minimum atomic E-state index is -0.762. The van der Waals surface area contributed by atoms with Crippen LogP contribution in [0.25, 0.3) is 0 Å². The molecule has 0 N–H and O–H groups in total. The average molecular weight is 934 g/mol. The molecule has 66 heavy (non-hydrogen) atoms. The van der Waals surface area contributed by atoms with Crippen LogP contribution in [0.1, 0.15) is 342 Å². The van der Waals surface area contributed by atoms with Crippen molar-refractivity contribution >= 4 is 17.9 Å². The topological polar surface area (TPSA) is 78.9 Å². The molecule has 6 nitrogen and oxygen atoms in total. The van der Waals surface area contributed by atoms with Gasteiger partial charge in [-0.3, -0.25) is 14.4 Å². The molecule has 0 aliphatic rings. The monoisotopic (exact) mass is 933 g/mol. The Morgan fingerprint density at radius 1 is 0.288 bits per heavy atom. The summed E-state index contributed by atoms with van der Waals surface area (Å²) in [6, 6.07) is 0. The Bertz CT molecular complexity index is 996. The van der Waals surface area contributed by atoms with E-state index in [1.165, 1.54) is 238 Å². The van der Waals surface area contributed by atoms with Crippen LogP contribution < -0.4 is 0 Å². The van der Waals surface area contributed by atoms with E-state index in [0.717, 1.165) is 63.7 Å². The van der Waals surface area contributed by atoms with Crippen molar-refractivity contribution in [3.63, 3.8) is 0 Å². The van der Waals surface area contributed by atoms with Crippen molar-refractivity contribution in [1.29, 1.82) is 0 Å². The van der Waals surface area contributed by atoms with E-state index in [1.54, 1.807) is 0 Å². The van der Waals surface area contributed by atoms with Gasteiger partial charge in [-0.1, -0.05) is 304 Å². The third kappa shape index (κ3) is 53.4. The maximum atomic E-state index is 12.8. The molecule has 1 atom stereocenters. The van der Waals surface area contributed by atoms with E-state index < -0.39 is 6.10 Å². The lowest BCUT2D eigenvalue weighted by molar-refractivity contribution is -0.167. The Balaban J connectivity index is 4.27. The lowest BCUT2D eigenvalue weighted by atomic mass is 10.0. The first-order chi connectivity index (χ1) is 32.4. The molecule has 0 saturated carbocycles. The number of rotatable bonds is 55. The number of carbonyl (C=O) groups is 3. The van der Waals surface area contributed by atoms with Gasteiger partial charge in [-0.05, 0) is 25.2 Å². The van der Waals surface area contributed by atoms with Crippen LogP contribution in [0.4, 0.5) is 0 Å². The molecule has 0 radical (unpaired) electrons. The van der Waals surface area contributed by atoms with Crippen LogP contribution in [0.3, 0.4) is 0 Å². The van der Waals surface area contributed by atoms with Crippen molar-refractivity contribution in [3.8, 4) is 0 Å². The Hall–Kier alpha value is -1.59. The molecule has 0 spiro atoms. The maximum Gasteiger partial charge on any atom is 0.306 e. The van der Waals surface area contributed by atoms with Crippen LogP contribution in [0.5, 0.6) is 0 Å². The van der Waals surface area contributed by atoms with Gasteiger partial charge in [-0.25, -0.2) is 0 Å². The first-order valence-corrected chi connectivity index (χ1v) is 29.9. The zero-order valence-electron chi connectivity index (χ0n) is 45.2.